The quantitative estimate of drug-likeness (QED) is 0.334. The van der Waals surface area contributed by atoms with Crippen molar-refractivity contribution in [1.82, 2.24) is 14.8 Å². The zero-order chi connectivity index (χ0) is 20.3. The molecule has 0 aliphatic heterocycles. The zero-order valence-electron chi connectivity index (χ0n) is 15.1. The molecule has 9 heteroatoms. The highest BCUT2D eigenvalue weighted by Crippen LogP contribution is 2.34. The number of benzene rings is 2. The van der Waals surface area contributed by atoms with E-state index in [1.54, 1.807) is 18.2 Å². The smallest absolute Gasteiger partial charge is 0.191 e. The summed E-state index contributed by atoms with van der Waals surface area (Å²) in [6.45, 7) is 4.63. The molecule has 1 heterocycles. The SMILES string of the molecule is CCn1c(SCc2c(Cl)cccc2Cl)nnc1C(C)Oc1ccc(Cl)cc1Cl. The molecule has 0 radical (unpaired) electrons. The van der Waals surface area contributed by atoms with Gasteiger partial charge in [0.1, 0.15) is 5.75 Å². The summed E-state index contributed by atoms with van der Waals surface area (Å²) >= 11 is 26.2. The van der Waals surface area contributed by atoms with Gasteiger partial charge in [0.15, 0.2) is 17.1 Å². The van der Waals surface area contributed by atoms with Crippen molar-refractivity contribution in [2.45, 2.75) is 37.4 Å². The second kappa shape index (κ2) is 9.59. The summed E-state index contributed by atoms with van der Waals surface area (Å²) in [6, 6.07) is 10.6. The first-order valence-corrected chi connectivity index (χ1v) is 11.0. The Morgan fingerprint density at radius 1 is 1.04 bits per heavy atom. The van der Waals surface area contributed by atoms with E-state index in [0.717, 1.165) is 10.7 Å². The van der Waals surface area contributed by atoms with Gasteiger partial charge in [0, 0.05) is 27.4 Å². The minimum absolute atomic E-state index is 0.343. The van der Waals surface area contributed by atoms with Gasteiger partial charge in [-0.1, -0.05) is 64.2 Å². The molecule has 2 aromatic carbocycles. The van der Waals surface area contributed by atoms with E-state index in [9.17, 15) is 0 Å². The Kier molecular flexibility index (Phi) is 7.40. The maximum absolute atomic E-state index is 6.26. The molecule has 0 saturated heterocycles. The third-order valence-corrected chi connectivity index (χ3v) is 6.26. The third kappa shape index (κ3) is 4.89. The van der Waals surface area contributed by atoms with Gasteiger partial charge in [-0.3, -0.25) is 0 Å². The lowest BCUT2D eigenvalue weighted by atomic mass is 10.2. The number of rotatable bonds is 7. The standard InChI is InChI=1S/C19H17Cl4N3OS/c1-3-26-18(11(2)27-17-8-7-12(20)9-16(17)23)24-25-19(26)28-10-13-14(21)5-4-6-15(13)22/h4-9,11H,3,10H2,1-2H3. The van der Waals surface area contributed by atoms with Crippen molar-refractivity contribution in [3.05, 3.63) is 67.9 Å². The lowest BCUT2D eigenvalue weighted by molar-refractivity contribution is 0.210. The van der Waals surface area contributed by atoms with Crippen LogP contribution in [0.15, 0.2) is 41.6 Å². The van der Waals surface area contributed by atoms with E-state index in [1.807, 2.05) is 36.6 Å². The largest absolute Gasteiger partial charge is 0.481 e. The van der Waals surface area contributed by atoms with Crippen molar-refractivity contribution in [3.8, 4) is 5.75 Å². The number of hydrogen-bond acceptors (Lipinski definition) is 4. The van der Waals surface area contributed by atoms with Gasteiger partial charge in [-0.2, -0.15) is 0 Å². The molecule has 0 aliphatic rings. The molecular formula is C19H17Cl4N3OS. The van der Waals surface area contributed by atoms with Crippen LogP contribution in [0.25, 0.3) is 0 Å². The van der Waals surface area contributed by atoms with Crippen LogP contribution in [0.1, 0.15) is 31.3 Å². The van der Waals surface area contributed by atoms with Gasteiger partial charge in [0.05, 0.1) is 5.02 Å². The van der Waals surface area contributed by atoms with E-state index in [4.69, 9.17) is 51.1 Å². The summed E-state index contributed by atoms with van der Waals surface area (Å²) in [6.07, 6.45) is -0.343. The van der Waals surface area contributed by atoms with Gasteiger partial charge in [-0.25, -0.2) is 0 Å². The summed E-state index contributed by atoms with van der Waals surface area (Å²) in [7, 11) is 0. The Hall–Kier alpha value is -1.11. The fourth-order valence-corrected chi connectivity index (χ4v) is 4.83. The van der Waals surface area contributed by atoms with Crippen LogP contribution in [0.5, 0.6) is 5.75 Å². The Labute approximate surface area is 188 Å². The first kappa shape index (κ1) is 21.6. The van der Waals surface area contributed by atoms with E-state index in [0.29, 0.717) is 44.0 Å². The molecule has 0 fully saturated rings. The summed E-state index contributed by atoms with van der Waals surface area (Å²) in [5.74, 6) is 1.84. The summed E-state index contributed by atoms with van der Waals surface area (Å²) in [4.78, 5) is 0. The monoisotopic (exact) mass is 475 g/mol. The molecule has 3 aromatic rings. The number of ether oxygens (including phenoxy) is 1. The van der Waals surface area contributed by atoms with Crippen LogP contribution < -0.4 is 4.74 Å². The second-order valence-electron chi connectivity index (χ2n) is 5.91. The van der Waals surface area contributed by atoms with Crippen molar-refractivity contribution >= 4 is 58.2 Å². The van der Waals surface area contributed by atoms with E-state index in [1.165, 1.54) is 11.8 Å². The van der Waals surface area contributed by atoms with Crippen molar-refractivity contribution in [2.75, 3.05) is 0 Å². The highest BCUT2D eigenvalue weighted by atomic mass is 35.5. The van der Waals surface area contributed by atoms with Crippen LogP contribution in [0.3, 0.4) is 0 Å². The Bertz CT molecular complexity index is 960. The maximum Gasteiger partial charge on any atom is 0.191 e. The summed E-state index contributed by atoms with van der Waals surface area (Å²) in [5, 5.41) is 11.7. The molecule has 3 rings (SSSR count). The van der Waals surface area contributed by atoms with Crippen LogP contribution in [-0.2, 0) is 12.3 Å². The molecule has 0 amide bonds. The number of halogens is 4. The molecule has 0 N–H and O–H groups in total. The molecular weight excluding hydrogens is 460 g/mol. The number of hydrogen-bond donors (Lipinski definition) is 0. The first-order chi connectivity index (χ1) is 13.4. The van der Waals surface area contributed by atoms with Crippen LogP contribution in [0, 0.1) is 0 Å². The fourth-order valence-electron chi connectivity index (χ4n) is 2.63. The molecule has 0 saturated carbocycles. The lowest BCUT2D eigenvalue weighted by Crippen LogP contribution is -2.12. The van der Waals surface area contributed by atoms with Crippen LogP contribution >= 0.6 is 58.2 Å². The van der Waals surface area contributed by atoms with E-state index in [2.05, 4.69) is 10.2 Å². The van der Waals surface area contributed by atoms with E-state index < -0.39 is 0 Å². The minimum Gasteiger partial charge on any atom is -0.481 e. The zero-order valence-corrected chi connectivity index (χ0v) is 19.0. The molecule has 4 nitrogen and oxygen atoms in total. The van der Waals surface area contributed by atoms with Gasteiger partial charge in [-0.05, 0) is 49.7 Å². The number of nitrogens with zero attached hydrogens (tertiary/aromatic N) is 3. The molecule has 0 bridgehead atoms. The van der Waals surface area contributed by atoms with Crippen molar-refractivity contribution < 1.29 is 4.74 Å². The molecule has 1 aromatic heterocycles. The van der Waals surface area contributed by atoms with Crippen molar-refractivity contribution in [3.63, 3.8) is 0 Å². The van der Waals surface area contributed by atoms with Crippen molar-refractivity contribution in [2.24, 2.45) is 0 Å². The Morgan fingerprint density at radius 2 is 1.75 bits per heavy atom. The number of aromatic nitrogens is 3. The first-order valence-electron chi connectivity index (χ1n) is 8.51. The summed E-state index contributed by atoms with van der Waals surface area (Å²) in [5.41, 5.74) is 0.875. The highest BCUT2D eigenvalue weighted by Gasteiger charge is 2.20. The highest BCUT2D eigenvalue weighted by molar-refractivity contribution is 7.98. The number of thioether (sulfide) groups is 1. The molecule has 0 aliphatic carbocycles. The molecule has 0 spiro atoms. The predicted molar refractivity (Wildman–Crippen MR) is 117 cm³/mol. The molecule has 1 unspecified atom stereocenters. The predicted octanol–water partition coefficient (Wildman–Crippen LogP) is 7.34. The van der Waals surface area contributed by atoms with Crippen LogP contribution in [0.4, 0.5) is 0 Å². The Balaban J connectivity index is 1.77. The van der Waals surface area contributed by atoms with Gasteiger partial charge in [0.25, 0.3) is 0 Å². The van der Waals surface area contributed by atoms with E-state index in [-0.39, 0.29) is 6.10 Å². The lowest BCUT2D eigenvalue weighted by Gasteiger charge is -2.16. The van der Waals surface area contributed by atoms with Crippen LogP contribution in [0.2, 0.25) is 20.1 Å². The third-order valence-electron chi connectivity index (χ3n) is 4.03. The van der Waals surface area contributed by atoms with Gasteiger partial charge < -0.3 is 9.30 Å². The summed E-state index contributed by atoms with van der Waals surface area (Å²) < 4.78 is 7.98. The molecule has 28 heavy (non-hydrogen) atoms. The topological polar surface area (TPSA) is 39.9 Å². The minimum atomic E-state index is -0.343. The normalized spacial score (nSPS) is 12.2. The second-order valence-corrected chi connectivity index (χ2v) is 8.51. The molecule has 148 valence electrons. The van der Waals surface area contributed by atoms with Gasteiger partial charge in [-0.15, -0.1) is 10.2 Å². The average molecular weight is 477 g/mol. The van der Waals surface area contributed by atoms with Crippen LogP contribution in [-0.4, -0.2) is 14.8 Å². The van der Waals surface area contributed by atoms with Gasteiger partial charge >= 0.3 is 0 Å². The maximum atomic E-state index is 6.26. The Morgan fingerprint density at radius 3 is 2.39 bits per heavy atom. The molecule has 1 atom stereocenters. The van der Waals surface area contributed by atoms with Gasteiger partial charge in [0.2, 0.25) is 0 Å². The van der Waals surface area contributed by atoms with Crippen molar-refractivity contribution in [1.29, 1.82) is 0 Å². The average Bonchev–Trinajstić information content (AvgIpc) is 3.06. The van der Waals surface area contributed by atoms with E-state index >= 15 is 0 Å². The fraction of sp³-hybridized carbons (Fsp3) is 0.263.